The summed E-state index contributed by atoms with van der Waals surface area (Å²) in [6, 6.07) is 5.64. The number of aliphatic hydroxyl groups is 2. The standard InChI is InChI=1S/C20H24O3/c1-3-11-10-20(2)16(9-17(22)19(20)23)15-6-4-12-8-13(21)5-7-14(12)18(11)15/h1,5,7-8,11,15-19,21-23H,4,6,9-10H2,2H3/t11-,15-,16-,17+,18+,19-,20-/m0/s1. The third-order valence-corrected chi connectivity index (χ3v) is 6.90. The zero-order chi connectivity index (χ0) is 16.4. The van der Waals surface area contributed by atoms with E-state index in [0.29, 0.717) is 24.0 Å². The highest BCUT2D eigenvalue weighted by Gasteiger charge is 2.60. The molecule has 0 aromatic heterocycles. The van der Waals surface area contributed by atoms with Crippen LogP contribution in [0.1, 0.15) is 43.2 Å². The summed E-state index contributed by atoms with van der Waals surface area (Å²) >= 11 is 0. The fourth-order valence-electron chi connectivity index (χ4n) is 5.85. The van der Waals surface area contributed by atoms with Gasteiger partial charge in [0.15, 0.2) is 0 Å². The maximum Gasteiger partial charge on any atom is 0.115 e. The molecule has 0 saturated heterocycles. The van der Waals surface area contributed by atoms with E-state index < -0.39 is 12.2 Å². The van der Waals surface area contributed by atoms with E-state index in [1.165, 1.54) is 11.1 Å². The number of phenols is 1. The van der Waals surface area contributed by atoms with Gasteiger partial charge in [0.25, 0.3) is 0 Å². The van der Waals surface area contributed by atoms with Gasteiger partial charge in [-0.3, -0.25) is 0 Å². The number of phenolic OH excluding ortho intramolecular Hbond substituents is 1. The molecule has 4 rings (SSSR count). The monoisotopic (exact) mass is 312 g/mol. The Balaban J connectivity index is 1.80. The number of terminal acetylenes is 1. The van der Waals surface area contributed by atoms with Crippen LogP contribution in [0.5, 0.6) is 5.75 Å². The molecule has 122 valence electrons. The van der Waals surface area contributed by atoms with Gasteiger partial charge in [-0.25, -0.2) is 0 Å². The zero-order valence-corrected chi connectivity index (χ0v) is 13.4. The number of fused-ring (bicyclic) bond motifs is 5. The normalized spacial score (nSPS) is 44.8. The lowest BCUT2D eigenvalue weighted by atomic mass is 9.52. The van der Waals surface area contributed by atoms with Gasteiger partial charge in [0.1, 0.15) is 5.75 Å². The van der Waals surface area contributed by atoms with Crippen LogP contribution in [0.2, 0.25) is 0 Å². The Morgan fingerprint density at radius 2 is 2.09 bits per heavy atom. The van der Waals surface area contributed by atoms with E-state index in [1.54, 1.807) is 6.07 Å². The Labute approximate surface area is 137 Å². The van der Waals surface area contributed by atoms with Crippen molar-refractivity contribution in [2.75, 3.05) is 0 Å². The average molecular weight is 312 g/mol. The summed E-state index contributed by atoms with van der Waals surface area (Å²) in [5.41, 5.74) is 2.18. The molecule has 0 amide bonds. The summed E-state index contributed by atoms with van der Waals surface area (Å²) in [5.74, 6) is 4.35. The molecular weight excluding hydrogens is 288 g/mol. The van der Waals surface area contributed by atoms with Crippen molar-refractivity contribution < 1.29 is 15.3 Å². The first-order valence-corrected chi connectivity index (χ1v) is 8.59. The largest absolute Gasteiger partial charge is 0.508 e. The maximum absolute atomic E-state index is 10.5. The van der Waals surface area contributed by atoms with Gasteiger partial charge in [-0.15, -0.1) is 12.3 Å². The van der Waals surface area contributed by atoms with E-state index in [4.69, 9.17) is 6.42 Å². The minimum Gasteiger partial charge on any atom is -0.508 e. The highest BCUT2D eigenvalue weighted by molar-refractivity contribution is 5.41. The van der Waals surface area contributed by atoms with Crippen LogP contribution in [0.4, 0.5) is 0 Å². The first-order valence-electron chi connectivity index (χ1n) is 8.59. The first kappa shape index (κ1) is 15.1. The average Bonchev–Trinajstić information content (AvgIpc) is 2.77. The van der Waals surface area contributed by atoms with Gasteiger partial charge in [-0.1, -0.05) is 13.0 Å². The zero-order valence-electron chi connectivity index (χ0n) is 13.4. The molecular formula is C20H24O3. The molecule has 0 spiro atoms. The Morgan fingerprint density at radius 3 is 2.83 bits per heavy atom. The van der Waals surface area contributed by atoms with Crippen LogP contribution < -0.4 is 0 Å². The lowest BCUT2D eigenvalue weighted by Crippen LogP contribution is -2.48. The van der Waals surface area contributed by atoms with E-state index in [1.807, 2.05) is 12.1 Å². The molecule has 1 aromatic carbocycles. The molecule has 2 fully saturated rings. The van der Waals surface area contributed by atoms with Gasteiger partial charge in [0, 0.05) is 17.3 Å². The summed E-state index contributed by atoms with van der Waals surface area (Å²) in [6.07, 6.45) is 7.94. The predicted octanol–water partition coefficient (Wildman–Crippen LogP) is 2.44. The van der Waals surface area contributed by atoms with Crippen LogP contribution in [0, 0.1) is 35.5 Å². The van der Waals surface area contributed by atoms with Crippen molar-refractivity contribution in [1.82, 2.24) is 0 Å². The van der Waals surface area contributed by atoms with Crippen LogP contribution in [-0.2, 0) is 6.42 Å². The van der Waals surface area contributed by atoms with Gasteiger partial charge >= 0.3 is 0 Å². The smallest absolute Gasteiger partial charge is 0.115 e. The molecule has 3 aliphatic rings. The molecule has 0 radical (unpaired) electrons. The molecule has 23 heavy (non-hydrogen) atoms. The van der Waals surface area contributed by atoms with Gasteiger partial charge in [-0.05, 0) is 60.8 Å². The molecule has 0 aliphatic heterocycles. The van der Waals surface area contributed by atoms with Crippen LogP contribution in [0.15, 0.2) is 18.2 Å². The van der Waals surface area contributed by atoms with E-state index in [0.717, 1.165) is 19.3 Å². The number of rotatable bonds is 0. The summed E-state index contributed by atoms with van der Waals surface area (Å²) in [6.45, 7) is 2.10. The Kier molecular flexibility index (Phi) is 3.27. The van der Waals surface area contributed by atoms with E-state index in [2.05, 4.69) is 12.8 Å². The molecule has 0 unspecified atom stereocenters. The topological polar surface area (TPSA) is 60.7 Å². The third kappa shape index (κ3) is 1.98. The molecule has 1 aromatic rings. The second kappa shape index (κ2) is 5.00. The number of aliphatic hydroxyl groups excluding tert-OH is 2. The highest BCUT2D eigenvalue weighted by Crippen LogP contribution is 2.62. The van der Waals surface area contributed by atoms with Crippen molar-refractivity contribution >= 4 is 0 Å². The van der Waals surface area contributed by atoms with E-state index in [-0.39, 0.29) is 17.3 Å². The number of aromatic hydroxyl groups is 1. The van der Waals surface area contributed by atoms with Gasteiger partial charge in [0.2, 0.25) is 0 Å². The molecule has 3 N–H and O–H groups in total. The molecule has 3 heteroatoms. The van der Waals surface area contributed by atoms with Crippen molar-refractivity contribution in [3.8, 4) is 18.1 Å². The fourth-order valence-corrected chi connectivity index (χ4v) is 5.85. The van der Waals surface area contributed by atoms with Gasteiger partial charge < -0.3 is 15.3 Å². The Bertz CT molecular complexity index is 676. The third-order valence-electron chi connectivity index (χ3n) is 6.90. The van der Waals surface area contributed by atoms with Crippen molar-refractivity contribution in [3.05, 3.63) is 29.3 Å². The van der Waals surface area contributed by atoms with Crippen LogP contribution >= 0.6 is 0 Å². The molecule has 0 bridgehead atoms. The quantitative estimate of drug-likeness (QED) is 0.645. The van der Waals surface area contributed by atoms with E-state index >= 15 is 0 Å². The molecule has 0 heterocycles. The first-order chi connectivity index (χ1) is 11.0. The Hall–Kier alpha value is -1.50. The van der Waals surface area contributed by atoms with Crippen molar-refractivity contribution in [2.45, 2.75) is 50.7 Å². The lowest BCUT2D eigenvalue weighted by Gasteiger charge is -2.52. The summed E-state index contributed by atoms with van der Waals surface area (Å²) in [5, 5.41) is 30.5. The second-order valence-corrected chi connectivity index (χ2v) is 7.95. The van der Waals surface area contributed by atoms with Gasteiger partial charge in [-0.2, -0.15) is 0 Å². The Morgan fingerprint density at radius 1 is 1.30 bits per heavy atom. The molecule has 2 saturated carbocycles. The summed E-state index contributed by atoms with van der Waals surface area (Å²) in [7, 11) is 0. The number of hydrogen-bond acceptors (Lipinski definition) is 3. The second-order valence-electron chi connectivity index (χ2n) is 7.95. The molecule has 7 atom stereocenters. The lowest BCUT2D eigenvalue weighted by molar-refractivity contribution is -0.0599. The minimum absolute atomic E-state index is 0.0739. The maximum atomic E-state index is 10.5. The van der Waals surface area contributed by atoms with Crippen molar-refractivity contribution in [1.29, 1.82) is 0 Å². The molecule has 3 aliphatic carbocycles. The number of hydrogen-bond donors (Lipinski definition) is 3. The predicted molar refractivity (Wildman–Crippen MR) is 87.8 cm³/mol. The number of aryl methyl sites for hydroxylation is 1. The van der Waals surface area contributed by atoms with Crippen molar-refractivity contribution in [3.63, 3.8) is 0 Å². The summed E-state index contributed by atoms with van der Waals surface area (Å²) < 4.78 is 0. The number of benzene rings is 1. The van der Waals surface area contributed by atoms with Gasteiger partial charge in [0.05, 0.1) is 12.2 Å². The SMILES string of the molecule is C#C[C@H]1C[C@]2(C)[C@@H](O)[C@H](O)C[C@H]2[C@@H]2CCc3cc(O)ccc3[C@H]21. The molecule has 3 nitrogen and oxygen atoms in total. The van der Waals surface area contributed by atoms with Crippen LogP contribution in [-0.4, -0.2) is 27.5 Å². The van der Waals surface area contributed by atoms with Crippen molar-refractivity contribution in [2.24, 2.45) is 23.2 Å². The van der Waals surface area contributed by atoms with Crippen LogP contribution in [0.3, 0.4) is 0 Å². The van der Waals surface area contributed by atoms with E-state index in [9.17, 15) is 15.3 Å². The minimum atomic E-state index is -0.675. The fraction of sp³-hybridized carbons (Fsp3) is 0.600. The van der Waals surface area contributed by atoms with Crippen LogP contribution in [0.25, 0.3) is 0 Å². The highest BCUT2D eigenvalue weighted by atomic mass is 16.3. The summed E-state index contributed by atoms with van der Waals surface area (Å²) in [4.78, 5) is 0.